The maximum absolute atomic E-state index is 12.7. The second-order valence-electron chi connectivity index (χ2n) is 7.58. The lowest BCUT2D eigenvalue weighted by atomic mass is 9.93. The minimum atomic E-state index is -5.08. The number of ether oxygens (including phenoxy) is 1. The molecule has 4 rings (SSSR count). The van der Waals surface area contributed by atoms with Gasteiger partial charge in [0.05, 0.1) is 24.0 Å². The van der Waals surface area contributed by atoms with Crippen LogP contribution >= 0.6 is 11.3 Å². The van der Waals surface area contributed by atoms with Gasteiger partial charge >= 0.3 is 12.1 Å². The summed E-state index contributed by atoms with van der Waals surface area (Å²) in [6, 6.07) is 7.96. The predicted octanol–water partition coefficient (Wildman–Crippen LogP) is 3.14. The van der Waals surface area contributed by atoms with E-state index in [1.54, 1.807) is 11.3 Å². The van der Waals surface area contributed by atoms with Crippen LogP contribution in [0.3, 0.4) is 0 Å². The first kappa shape index (κ1) is 24.1. The molecule has 2 saturated heterocycles. The van der Waals surface area contributed by atoms with E-state index in [4.69, 9.17) is 14.6 Å². The quantitative estimate of drug-likeness (QED) is 0.741. The number of hydrogen-bond donors (Lipinski definition) is 1. The monoisotopic (exact) mass is 471 g/mol. The highest BCUT2D eigenvalue weighted by Crippen LogP contribution is 2.26. The first-order valence-electron chi connectivity index (χ1n) is 10.1. The summed E-state index contributed by atoms with van der Waals surface area (Å²) >= 11 is 1.57. The Labute approximate surface area is 187 Å². The third kappa shape index (κ3) is 6.75. The molecule has 0 spiro atoms. The zero-order chi connectivity index (χ0) is 23.1. The number of rotatable bonds is 3. The number of nitrogens with zero attached hydrogens (tertiary/aromatic N) is 3. The maximum atomic E-state index is 12.7. The smallest absolute Gasteiger partial charge is 0.475 e. The largest absolute Gasteiger partial charge is 0.490 e. The average molecular weight is 472 g/mol. The van der Waals surface area contributed by atoms with Crippen LogP contribution < -0.4 is 0 Å². The van der Waals surface area contributed by atoms with Crippen molar-refractivity contribution < 1.29 is 32.6 Å². The van der Waals surface area contributed by atoms with E-state index in [0.717, 1.165) is 43.9 Å². The Bertz CT molecular complexity index is 880. The summed E-state index contributed by atoms with van der Waals surface area (Å²) in [6.07, 6.45) is -1.97. The molecule has 2 aromatic rings. The molecule has 0 bridgehead atoms. The molecule has 11 heteroatoms. The summed E-state index contributed by atoms with van der Waals surface area (Å²) in [5.74, 6) is -2.20. The topological polar surface area (TPSA) is 83.0 Å². The first-order chi connectivity index (χ1) is 15.2. The van der Waals surface area contributed by atoms with Gasteiger partial charge in [-0.1, -0.05) is 6.07 Å². The highest BCUT2D eigenvalue weighted by atomic mass is 32.1. The SMILES string of the molecule is O=C(O)C(F)(F)F.O=C(c1ccsc1)N1CCO[C@@H]2CN(Cc3ccccn3)CC[C@@H]2C1. The van der Waals surface area contributed by atoms with E-state index in [1.807, 2.05) is 40.1 Å². The van der Waals surface area contributed by atoms with Gasteiger partial charge in [-0.05, 0) is 36.5 Å². The Balaban J connectivity index is 0.000000360. The minimum Gasteiger partial charge on any atom is -0.475 e. The molecule has 2 aliphatic heterocycles. The number of carboxylic acid groups (broad SMARTS) is 1. The lowest BCUT2D eigenvalue weighted by Crippen LogP contribution is -2.47. The van der Waals surface area contributed by atoms with E-state index in [1.165, 1.54) is 0 Å². The molecule has 2 atom stereocenters. The van der Waals surface area contributed by atoms with Gasteiger partial charge in [-0.25, -0.2) is 4.79 Å². The van der Waals surface area contributed by atoms with Gasteiger partial charge in [0, 0.05) is 43.7 Å². The van der Waals surface area contributed by atoms with Gasteiger partial charge in [0.2, 0.25) is 0 Å². The molecule has 1 N–H and O–H groups in total. The third-order valence-electron chi connectivity index (χ3n) is 5.34. The average Bonchev–Trinajstić information content (AvgIpc) is 3.21. The van der Waals surface area contributed by atoms with Crippen LogP contribution in [-0.2, 0) is 16.1 Å². The number of pyridine rings is 1. The van der Waals surface area contributed by atoms with Gasteiger partial charge in [0.1, 0.15) is 0 Å². The molecule has 0 unspecified atom stereocenters. The van der Waals surface area contributed by atoms with Gasteiger partial charge in [-0.3, -0.25) is 14.7 Å². The Kier molecular flexibility index (Phi) is 8.21. The molecule has 2 aromatic heterocycles. The number of amides is 1. The van der Waals surface area contributed by atoms with Crippen LogP contribution in [0.2, 0.25) is 0 Å². The van der Waals surface area contributed by atoms with Crippen LogP contribution in [0.5, 0.6) is 0 Å². The zero-order valence-corrected chi connectivity index (χ0v) is 18.0. The molecule has 0 aromatic carbocycles. The lowest BCUT2D eigenvalue weighted by molar-refractivity contribution is -0.192. The van der Waals surface area contributed by atoms with Crippen molar-refractivity contribution in [3.8, 4) is 0 Å². The van der Waals surface area contributed by atoms with E-state index in [0.29, 0.717) is 19.1 Å². The summed E-state index contributed by atoms with van der Waals surface area (Å²) in [4.78, 5) is 30.4. The minimum absolute atomic E-state index is 0.140. The van der Waals surface area contributed by atoms with E-state index in [-0.39, 0.29) is 12.0 Å². The number of carboxylic acids is 1. The third-order valence-corrected chi connectivity index (χ3v) is 6.02. The zero-order valence-electron chi connectivity index (χ0n) is 17.2. The van der Waals surface area contributed by atoms with Crippen LogP contribution in [0.15, 0.2) is 41.2 Å². The van der Waals surface area contributed by atoms with Crippen LogP contribution in [0.1, 0.15) is 22.5 Å². The van der Waals surface area contributed by atoms with Gasteiger partial charge in [0.15, 0.2) is 0 Å². The number of alkyl halides is 3. The van der Waals surface area contributed by atoms with Crippen molar-refractivity contribution in [2.24, 2.45) is 5.92 Å². The summed E-state index contributed by atoms with van der Waals surface area (Å²) < 4.78 is 37.9. The summed E-state index contributed by atoms with van der Waals surface area (Å²) in [5.41, 5.74) is 1.90. The fourth-order valence-electron chi connectivity index (χ4n) is 3.73. The molecule has 2 fully saturated rings. The van der Waals surface area contributed by atoms with Crippen molar-refractivity contribution >= 4 is 23.2 Å². The number of halogens is 3. The molecular formula is C21H24F3N3O4S. The number of hydrogen-bond acceptors (Lipinski definition) is 6. The summed E-state index contributed by atoms with van der Waals surface area (Å²) in [6.45, 7) is 4.92. The molecule has 174 valence electrons. The fraction of sp³-hybridized carbons (Fsp3) is 0.476. The van der Waals surface area contributed by atoms with E-state index in [2.05, 4.69) is 16.0 Å². The fourth-order valence-corrected chi connectivity index (χ4v) is 4.36. The van der Waals surface area contributed by atoms with Crippen molar-refractivity contribution in [3.05, 3.63) is 52.5 Å². The molecule has 7 nitrogen and oxygen atoms in total. The number of aliphatic carboxylic acids is 1. The van der Waals surface area contributed by atoms with Crippen molar-refractivity contribution in [1.82, 2.24) is 14.8 Å². The lowest BCUT2D eigenvalue weighted by Gasteiger charge is -2.37. The number of aromatic nitrogens is 1. The normalized spacial score (nSPS) is 21.7. The number of thiophene rings is 1. The van der Waals surface area contributed by atoms with E-state index >= 15 is 0 Å². The number of fused-ring (bicyclic) bond motifs is 1. The van der Waals surface area contributed by atoms with Gasteiger partial charge in [0.25, 0.3) is 5.91 Å². The van der Waals surface area contributed by atoms with Crippen LogP contribution in [0.25, 0.3) is 0 Å². The van der Waals surface area contributed by atoms with Crippen molar-refractivity contribution in [2.75, 3.05) is 32.8 Å². The summed E-state index contributed by atoms with van der Waals surface area (Å²) in [5, 5.41) is 11.0. The molecule has 32 heavy (non-hydrogen) atoms. The number of carbonyl (C=O) groups is 2. The second-order valence-corrected chi connectivity index (χ2v) is 8.36. The number of carbonyl (C=O) groups excluding carboxylic acids is 1. The molecule has 2 aliphatic rings. The van der Waals surface area contributed by atoms with Crippen LogP contribution in [0, 0.1) is 5.92 Å². The van der Waals surface area contributed by atoms with Gasteiger partial charge in [-0.2, -0.15) is 24.5 Å². The molecule has 0 saturated carbocycles. The Morgan fingerprint density at radius 2 is 2.00 bits per heavy atom. The molecule has 4 heterocycles. The Morgan fingerprint density at radius 3 is 2.62 bits per heavy atom. The second kappa shape index (κ2) is 10.9. The number of likely N-dealkylation sites (tertiary alicyclic amines) is 1. The molecular weight excluding hydrogens is 447 g/mol. The van der Waals surface area contributed by atoms with Gasteiger partial charge < -0.3 is 14.7 Å². The van der Waals surface area contributed by atoms with Crippen molar-refractivity contribution in [1.29, 1.82) is 0 Å². The van der Waals surface area contributed by atoms with E-state index in [9.17, 15) is 18.0 Å². The number of piperidine rings is 1. The van der Waals surface area contributed by atoms with Crippen LogP contribution in [0.4, 0.5) is 13.2 Å². The van der Waals surface area contributed by atoms with Gasteiger partial charge in [-0.15, -0.1) is 0 Å². The highest BCUT2D eigenvalue weighted by molar-refractivity contribution is 7.08. The first-order valence-corrected chi connectivity index (χ1v) is 11.0. The standard InChI is InChI=1S/C19H23N3O2S.C2HF3O2/c23-19(16-5-10-25-14-16)22-8-9-24-18-13-21(7-4-15(18)11-22)12-17-3-1-2-6-20-17;3-2(4,5)1(6)7/h1-3,5-6,10,14-15,18H,4,7-9,11-13H2;(H,6,7)/t15-,18-;/m1./s1. The Hall–Kier alpha value is -2.50. The van der Waals surface area contributed by atoms with E-state index < -0.39 is 12.1 Å². The molecule has 0 aliphatic carbocycles. The maximum Gasteiger partial charge on any atom is 0.490 e. The summed E-state index contributed by atoms with van der Waals surface area (Å²) in [7, 11) is 0. The molecule has 0 radical (unpaired) electrons. The molecule has 1 amide bonds. The van der Waals surface area contributed by atoms with Crippen molar-refractivity contribution in [2.45, 2.75) is 25.2 Å². The van der Waals surface area contributed by atoms with Crippen molar-refractivity contribution in [3.63, 3.8) is 0 Å². The Morgan fingerprint density at radius 1 is 1.22 bits per heavy atom. The predicted molar refractivity (Wildman–Crippen MR) is 111 cm³/mol. The van der Waals surface area contributed by atoms with Crippen LogP contribution in [-0.4, -0.2) is 76.8 Å². The highest BCUT2D eigenvalue weighted by Gasteiger charge is 2.38.